The predicted octanol–water partition coefficient (Wildman–Crippen LogP) is 4.70. The van der Waals surface area contributed by atoms with Gasteiger partial charge in [-0.1, -0.05) is 6.07 Å². The summed E-state index contributed by atoms with van der Waals surface area (Å²) in [6.07, 6.45) is 3.39. The average molecular weight is 377 g/mol. The highest BCUT2D eigenvalue weighted by Gasteiger charge is 2.19. The Morgan fingerprint density at radius 1 is 1.26 bits per heavy atom. The number of fused-ring (bicyclic) bond motifs is 1. The summed E-state index contributed by atoms with van der Waals surface area (Å²) in [7, 11) is 0. The summed E-state index contributed by atoms with van der Waals surface area (Å²) in [5.41, 5.74) is 3.05. The van der Waals surface area contributed by atoms with Crippen molar-refractivity contribution in [3.05, 3.63) is 59.2 Å². The van der Waals surface area contributed by atoms with Crippen LogP contribution < -0.4 is 5.32 Å². The Hall–Kier alpha value is -3.06. The van der Waals surface area contributed by atoms with Gasteiger partial charge in [-0.25, -0.2) is 14.6 Å². The zero-order chi connectivity index (χ0) is 19.0. The van der Waals surface area contributed by atoms with Gasteiger partial charge in [0.1, 0.15) is 5.82 Å². The van der Waals surface area contributed by atoms with E-state index in [4.69, 9.17) is 4.98 Å². The Kier molecular flexibility index (Phi) is 4.45. The summed E-state index contributed by atoms with van der Waals surface area (Å²) in [5, 5.41) is 10.1. The van der Waals surface area contributed by atoms with Crippen LogP contribution >= 0.6 is 11.3 Å². The fourth-order valence-corrected chi connectivity index (χ4v) is 3.61. The average Bonchev–Trinajstić information content (AvgIpc) is 3.30. The third-order valence-corrected chi connectivity index (χ3v) is 5.12. The van der Waals surface area contributed by atoms with Crippen molar-refractivity contribution in [2.45, 2.75) is 26.8 Å². The number of nitrogens with one attached hydrogen (secondary N) is 1. The van der Waals surface area contributed by atoms with Crippen molar-refractivity contribution in [3.63, 3.8) is 0 Å². The van der Waals surface area contributed by atoms with Gasteiger partial charge in [-0.05, 0) is 56.0 Å². The quantitative estimate of drug-likeness (QED) is 0.560. The molecule has 0 radical (unpaired) electrons. The van der Waals surface area contributed by atoms with Crippen LogP contribution in [0.1, 0.15) is 35.8 Å². The monoisotopic (exact) mass is 377 g/mol. The molecule has 0 spiro atoms. The van der Waals surface area contributed by atoms with Gasteiger partial charge in [0, 0.05) is 12.2 Å². The van der Waals surface area contributed by atoms with Crippen molar-refractivity contribution >= 4 is 34.1 Å². The van der Waals surface area contributed by atoms with Crippen molar-refractivity contribution in [1.82, 2.24) is 19.7 Å². The van der Waals surface area contributed by atoms with E-state index in [9.17, 15) is 4.79 Å². The summed E-state index contributed by atoms with van der Waals surface area (Å²) < 4.78 is 1.84. The van der Waals surface area contributed by atoms with E-state index in [1.807, 2.05) is 61.2 Å². The molecular formula is C20H19N5OS. The Labute approximate surface area is 160 Å². The lowest BCUT2D eigenvalue weighted by Gasteiger charge is -2.10. The van der Waals surface area contributed by atoms with Gasteiger partial charge in [-0.2, -0.15) is 5.10 Å². The Morgan fingerprint density at radius 2 is 2.11 bits per heavy atom. The third kappa shape index (κ3) is 3.33. The van der Waals surface area contributed by atoms with Crippen LogP contribution in [0.4, 0.5) is 5.82 Å². The van der Waals surface area contributed by atoms with Crippen LogP contribution in [-0.4, -0.2) is 25.7 Å². The molecule has 0 bridgehead atoms. The van der Waals surface area contributed by atoms with Crippen molar-refractivity contribution in [2.24, 2.45) is 0 Å². The molecule has 4 aromatic heterocycles. The summed E-state index contributed by atoms with van der Waals surface area (Å²) >= 11 is 1.59. The number of carbonyl (C=O) groups is 1. The Morgan fingerprint density at radius 3 is 2.81 bits per heavy atom. The number of carbonyl (C=O) groups excluding carboxylic acids is 1. The number of pyridine rings is 2. The van der Waals surface area contributed by atoms with Crippen LogP contribution in [0.5, 0.6) is 0 Å². The first kappa shape index (κ1) is 17.4. The topological polar surface area (TPSA) is 72.7 Å². The summed E-state index contributed by atoms with van der Waals surface area (Å²) in [4.78, 5) is 23.0. The molecule has 4 rings (SSSR count). The highest BCUT2D eigenvalue weighted by molar-refractivity contribution is 7.13. The molecule has 4 heterocycles. The van der Waals surface area contributed by atoms with E-state index in [-0.39, 0.29) is 11.9 Å². The van der Waals surface area contributed by atoms with Gasteiger partial charge in [0.25, 0.3) is 5.91 Å². The van der Waals surface area contributed by atoms with Gasteiger partial charge in [0.15, 0.2) is 5.65 Å². The molecule has 1 N–H and O–H groups in total. The van der Waals surface area contributed by atoms with Gasteiger partial charge in [-0.3, -0.25) is 4.79 Å². The lowest BCUT2D eigenvalue weighted by Crippen LogP contribution is -2.14. The lowest BCUT2D eigenvalue weighted by molar-refractivity contribution is 0.102. The van der Waals surface area contributed by atoms with E-state index in [2.05, 4.69) is 15.4 Å². The van der Waals surface area contributed by atoms with E-state index < -0.39 is 0 Å². The van der Waals surface area contributed by atoms with Gasteiger partial charge in [0.2, 0.25) is 0 Å². The molecule has 136 valence electrons. The number of rotatable bonds is 4. The molecule has 1 amide bonds. The molecule has 0 aliphatic carbocycles. The SMILES string of the molecule is Cc1ccnc(NC(=O)c2cc(-c3cccs3)nc3c2cnn3C(C)C)c1. The maximum Gasteiger partial charge on any atom is 0.257 e. The van der Waals surface area contributed by atoms with Crippen LogP contribution in [0.3, 0.4) is 0 Å². The van der Waals surface area contributed by atoms with Crippen LogP contribution in [0.25, 0.3) is 21.6 Å². The first-order chi connectivity index (χ1) is 13.0. The molecule has 0 fully saturated rings. The molecule has 0 aromatic carbocycles. The van der Waals surface area contributed by atoms with Gasteiger partial charge in [0.05, 0.1) is 27.7 Å². The maximum absolute atomic E-state index is 13.0. The summed E-state index contributed by atoms with van der Waals surface area (Å²) in [6, 6.07) is 9.67. The van der Waals surface area contributed by atoms with Crippen molar-refractivity contribution in [1.29, 1.82) is 0 Å². The number of aromatic nitrogens is 4. The molecule has 4 aromatic rings. The van der Waals surface area contributed by atoms with Crippen LogP contribution in [-0.2, 0) is 0 Å². The minimum atomic E-state index is -0.221. The van der Waals surface area contributed by atoms with Crippen molar-refractivity contribution in [2.75, 3.05) is 5.32 Å². The second kappa shape index (κ2) is 6.92. The molecule has 0 aliphatic rings. The van der Waals surface area contributed by atoms with Crippen LogP contribution in [0.15, 0.2) is 48.1 Å². The predicted molar refractivity (Wildman–Crippen MR) is 108 cm³/mol. The van der Waals surface area contributed by atoms with Crippen LogP contribution in [0.2, 0.25) is 0 Å². The number of aryl methyl sites for hydroxylation is 1. The zero-order valence-electron chi connectivity index (χ0n) is 15.3. The molecule has 6 nitrogen and oxygen atoms in total. The highest BCUT2D eigenvalue weighted by atomic mass is 32.1. The van der Waals surface area contributed by atoms with Gasteiger partial charge >= 0.3 is 0 Å². The molecule has 27 heavy (non-hydrogen) atoms. The first-order valence-electron chi connectivity index (χ1n) is 8.69. The molecule has 7 heteroatoms. The first-order valence-corrected chi connectivity index (χ1v) is 9.57. The number of hydrogen-bond donors (Lipinski definition) is 1. The van der Waals surface area contributed by atoms with E-state index in [0.717, 1.165) is 21.5 Å². The Bertz CT molecular complexity index is 1110. The van der Waals surface area contributed by atoms with E-state index in [1.54, 1.807) is 23.7 Å². The molecule has 0 unspecified atom stereocenters. The maximum atomic E-state index is 13.0. The number of amides is 1. The summed E-state index contributed by atoms with van der Waals surface area (Å²) in [5.74, 6) is 0.306. The smallest absolute Gasteiger partial charge is 0.257 e. The van der Waals surface area contributed by atoms with Gasteiger partial charge < -0.3 is 5.32 Å². The molecule has 0 saturated carbocycles. The third-order valence-electron chi connectivity index (χ3n) is 4.23. The second-order valence-corrected chi connectivity index (χ2v) is 7.57. The molecule has 0 atom stereocenters. The standard InChI is InChI=1S/C20H19N5OS/c1-12(2)25-19-15(11-22-25)14(10-16(23-19)17-5-4-8-27-17)20(26)24-18-9-13(3)6-7-21-18/h4-12H,1-3H3,(H,21,24,26). The lowest BCUT2D eigenvalue weighted by atomic mass is 10.1. The fraction of sp³-hybridized carbons (Fsp3) is 0.200. The zero-order valence-corrected chi connectivity index (χ0v) is 16.1. The number of nitrogens with zero attached hydrogens (tertiary/aromatic N) is 4. The molecule has 0 saturated heterocycles. The van der Waals surface area contributed by atoms with Crippen molar-refractivity contribution in [3.8, 4) is 10.6 Å². The number of anilines is 1. The minimum Gasteiger partial charge on any atom is -0.307 e. The normalized spacial score (nSPS) is 11.3. The second-order valence-electron chi connectivity index (χ2n) is 6.63. The van der Waals surface area contributed by atoms with Crippen LogP contribution in [0, 0.1) is 6.92 Å². The molecule has 0 aliphatic heterocycles. The minimum absolute atomic E-state index is 0.142. The van der Waals surface area contributed by atoms with Gasteiger partial charge in [-0.15, -0.1) is 11.3 Å². The highest BCUT2D eigenvalue weighted by Crippen LogP contribution is 2.29. The van der Waals surface area contributed by atoms with E-state index in [0.29, 0.717) is 17.0 Å². The van der Waals surface area contributed by atoms with E-state index in [1.165, 1.54) is 0 Å². The van der Waals surface area contributed by atoms with E-state index >= 15 is 0 Å². The number of thiophene rings is 1. The molecular weight excluding hydrogens is 358 g/mol. The summed E-state index contributed by atoms with van der Waals surface area (Å²) in [6.45, 7) is 6.05. The van der Waals surface area contributed by atoms with Crippen molar-refractivity contribution < 1.29 is 4.79 Å². The largest absolute Gasteiger partial charge is 0.307 e. The fourth-order valence-electron chi connectivity index (χ4n) is 2.92. The number of hydrogen-bond acceptors (Lipinski definition) is 5. The Balaban J connectivity index is 1.84.